The van der Waals surface area contributed by atoms with Crippen LogP contribution >= 0.6 is 0 Å². The van der Waals surface area contributed by atoms with Crippen LogP contribution in [0.25, 0.3) is 0 Å². The summed E-state index contributed by atoms with van der Waals surface area (Å²) in [4.78, 5) is 2.39. The third-order valence-corrected chi connectivity index (χ3v) is 5.26. The Morgan fingerprint density at radius 1 is 0.960 bits per heavy atom. The van der Waals surface area contributed by atoms with Crippen LogP contribution in [0.5, 0.6) is 28.7 Å². The molecule has 0 spiro atoms. The molecule has 0 saturated carbocycles. The molecule has 0 N–H and O–H groups in total. The largest absolute Gasteiger partial charge is 0.493 e. The van der Waals surface area contributed by atoms with Crippen molar-refractivity contribution in [2.75, 3.05) is 34.9 Å². The average Bonchev–Trinajstić information content (AvgIpc) is 2.81. The number of nitrogens with zero attached hydrogens (tertiary/aromatic N) is 1. The zero-order chi connectivity index (χ0) is 17.6. The molecule has 0 aliphatic carbocycles. The molecule has 132 valence electrons. The summed E-state index contributed by atoms with van der Waals surface area (Å²) in [6, 6.07) is 8.35. The first-order valence-corrected chi connectivity index (χ1v) is 8.49. The lowest BCUT2D eigenvalue weighted by atomic mass is 9.88. The molecule has 2 aromatic rings. The summed E-state index contributed by atoms with van der Waals surface area (Å²) in [5, 5.41) is 0. The van der Waals surface area contributed by atoms with Gasteiger partial charge >= 0.3 is 0 Å². The Morgan fingerprint density at radius 3 is 2.40 bits per heavy atom. The Kier molecular flexibility index (Phi) is 3.96. The van der Waals surface area contributed by atoms with Crippen LogP contribution in [0.4, 0.5) is 0 Å². The molecule has 2 aromatic carbocycles. The van der Waals surface area contributed by atoms with Gasteiger partial charge in [0.05, 0.1) is 21.3 Å². The summed E-state index contributed by atoms with van der Waals surface area (Å²) in [5.41, 5.74) is 3.69. The number of likely N-dealkylation sites (N-methyl/N-ethyl adjacent to an activating group) is 1. The highest BCUT2D eigenvalue weighted by Gasteiger charge is 2.34. The van der Waals surface area contributed by atoms with Gasteiger partial charge in [0.15, 0.2) is 23.0 Å². The second kappa shape index (κ2) is 6.15. The third-order valence-electron chi connectivity index (χ3n) is 5.26. The Balaban J connectivity index is 1.93. The van der Waals surface area contributed by atoms with Crippen molar-refractivity contribution in [1.29, 1.82) is 0 Å². The topological polar surface area (TPSA) is 40.2 Å². The first-order valence-electron chi connectivity index (χ1n) is 8.49. The van der Waals surface area contributed by atoms with E-state index in [0.717, 1.165) is 47.9 Å². The van der Waals surface area contributed by atoms with Crippen molar-refractivity contribution in [2.45, 2.75) is 18.9 Å². The molecule has 0 aromatic heterocycles. The van der Waals surface area contributed by atoms with Crippen molar-refractivity contribution in [3.63, 3.8) is 0 Å². The van der Waals surface area contributed by atoms with Gasteiger partial charge in [-0.25, -0.2) is 0 Å². The molecule has 2 aliphatic heterocycles. The molecular weight excluding hydrogens is 318 g/mol. The van der Waals surface area contributed by atoms with Crippen LogP contribution in [0, 0.1) is 0 Å². The molecule has 0 bridgehead atoms. The minimum Gasteiger partial charge on any atom is -0.493 e. The van der Waals surface area contributed by atoms with Crippen LogP contribution < -0.4 is 18.9 Å². The fourth-order valence-corrected chi connectivity index (χ4v) is 3.88. The number of hydrogen-bond acceptors (Lipinski definition) is 5. The van der Waals surface area contributed by atoms with Gasteiger partial charge < -0.3 is 18.9 Å². The quantitative estimate of drug-likeness (QED) is 0.853. The van der Waals surface area contributed by atoms with Gasteiger partial charge in [0.1, 0.15) is 5.75 Å². The number of fused-ring (bicyclic) bond motifs is 1. The highest BCUT2D eigenvalue weighted by Crippen LogP contribution is 2.50. The molecule has 1 atom stereocenters. The van der Waals surface area contributed by atoms with E-state index in [1.807, 2.05) is 18.2 Å². The van der Waals surface area contributed by atoms with Crippen LogP contribution in [0.15, 0.2) is 24.3 Å². The van der Waals surface area contributed by atoms with Gasteiger partial charge in [-0.15, -0.1) is 0 Å². The van der Waals surface area contributed by atoms with E-state index >= 15 is 0 Å². The standard InChI is InChI=1S/C20H23NO4/c1-21-8-7-12-5-6-15(22-2)20-19(12)14(21)9-13-10-17(23-3)18(24-4)11-16(13)25-20/h5-6,10-11,14H,7-9H2,1-4H3/t14-/m0/s1. The van der Waals surface area contributed by atoms with E-state index < -0.39 is 0 Å². The van der Waals surface area contributed by atoms with Crippen molar-refractivity contribution in [3.8, 4) is 28.7 Å². The van der Waals surface area contributed by atoms with Gasteiger partial charge in [-0.1, -0.05) is 6.07 Å². The molecule has 25 heavy (non-hydrogen) atoms. The van der Waals surface area contributed by atoms with Crippen molar-refractivity contribution < 1.29 is 18.9 Å². The van der Waals surface area contributed by atoms with E-state index in [2.05, 4.69) is 18.0 Å². The molecule has 0 fully saturated rings. The Labute approximate surface area is 148 Å². The number of ether oxygens (including phenoxy) is 4. The highest BCUT2D eigenvalue weighted by molar-refractivity contribution is 5.60. The van der Waals surface area contributed by atoms with Crippen molar-refractivity contribution >= 4 is 0 Å². The highest BCUT2D eigenvalue weighted by atomic mass is 16.5. The maximum absolute atomic E-state index is 6.37. The van der Waals surface area contributed by atoms with Crippen molar-refractivity contribution in [3.05, 3.63) is 41.0 Å². The van der Waals surface area contributed by atoms with Gasteiger partial charge in [-0.3, -0.25) is 4.90 Å². The predicted octanol–water partition coefficient (Wildman–Crippen LogP) is 3.59. The maximum atomic E-state index is 6.37. The van der Waals surface area contributed by atoms with Gasteiger partial charge in [0.2, 0.25) is 0 Å². The lowest BCUT2D eigenvalue weighted by Gasteiger charge is -2.34. The lowest BCUT2D eigenvalue weighted by molar-refractivity contribution is 0.228. The Hall–Kier alpha value is -2.40. The third kappa shape index (κ3) is 2.50. The maximum Gasteiger partial charge on any atom is 0.174 e. The monoisotopic (exact) mass is 341 g/mol. The molecule has 5 nitrogen and oxygen atoms in total. The zero-order valence-corrected chi connectivity index (χ0v) is 15.1. The predicted molar refractivity (Wildman–Crippen MR) is 95.4 cm³/mol. The van der Waals surface area contributed by atoms with E-state index in [1.165, 1.54) is 11.1 Å². The van der Waals surface area contributed by atoms with Gasteiger partial charge in [-0.05, 0) is 37.6 Å². The second-order valence-electron chi connectivity index (χ2n) is 6.54. The van der Waals surface area contributed by atoms with Crippen LogP contribution in [0.1, 0.15) is 22.7 Å². The molecular formula is C20H23NO4. The minimum absolute atomic E-state index is 0.258. The summed E-state index contributed by atoms with van der Waals surface area (Å²) in [6.45, 7) is 1.03. The van der Waals surface area contributed by atoms with E-state index in [1.54, 1.807) is 21.3 Å². The van der Waals surface area contributed by atoms with Crippen LogP contribution in [-0.4, -0.2) is 39.8 Å². The summed E-state index contributed by atoms with van der Waals surface area (Å²) >= 11 is 0. The normalized spacial score (nSPS) is 18.5. The van der Waals surface area contributed by atoms with Crippen LogP contribution in [-0.2, 0) is 12.8 Å². The summed E-state index contributed by atoms with van der Waals surface area (Å²) in [5.74, 6) is 3.78. The van der Waals surface area contributed by atoms with Gasteiger partial charge in [0, 0.05) is 29.8 Å². The SMILES string of the molecule is COc1cc2c(cc1OC)Oc1c(OC)ccc3c1[C@H](C2)N(C)CC3. The molecule has 2 aliphatic rings. The molecule has 0 radical (unpaired) electrons. The minimum atomic E-state index is 0.258. The molecule has 4 rings (SSSR count). The Bertz CT molecular complexity index is 818. The smallest absolute Gasteiger partial charge is 0.174 e. The molecule has 0 unspecified atom stereocenters. The zero-order valence-electron chi connectivity index (χ0n) is 15.1. The number of benzene rings is 2. The van der Waals surface area contributed by atoms with Crippen LogP contribution in [0.3, 0.4) is 0 Å². The van der Waals surface area contributed by atoms with E-state index in [4.69, 9.17) is 18.9 Å². The molecule has 0 amide bonds. The number of methoxy groups -OCH3 is 3. The van der Waals surface area contributed by atoms with Crippen molar-refractivity contribution in [1.82, 2.24) is 4.90 Å². The summed E-state index contributed by atoms with van der Waals surface area (Å²) < 4.78 is 22.9. The molecule has 5 heteroatoms. The van der Waals surface area contributed by atoms with Crippen LogP contribution in [0.2, 0.25) is 0 Å². The average molecular weight is 341 g/mol. The fraction of sp³-hybridized carbons (Fsp3) is 0.400. The Morgan fingerprint density at radius 2 is 1.68 bits per heavy atom. The lowest BCUT2D eigenvalue weighted by Crippen LogP contribution is -2.33. The van der Waals surface area contributed by atoms with Gasteiger partial charge in [0.25, 0.3) is 0 Å². The number of hydrogen-bond donors (Lipinski definition) is 0. The van der Waals surface area contributed by atoms with E-state index in [0.29, 0.717) is 5.75 Å². The first-order chi connectivity index (χ1) is 12.2. The molecule has 2 heterocycles. The number of rotatable bonds is 3. The summed E-state index contributed by atoms with van der Waals surface area (Å²) in [6.07, 6.45) is 1.88. The van der Waals surface area contributed by atoms with Gasteiger partial charge in [-0.2, -0.15) is 0 Å². The second-order valence-corrected chi connectivity index (χ2v) is 6.54. The fourth-order valence-electron chi connectivity index (χ4n) is 3.88. The summed E-state index contributed by atoms with van der Waals surface area (Å²) in [7, 11) is 7.15. The van der Waals surface area contributed by atoms with Crippen molar-refractivity contribution in [2.24, 2.45) is 0 Å². The van der Waals surface area contributed by atoms with E-state index in [-0.39, 0.29) is 6.04 Å². The van der Waals surface area contributed by atoms with E-state index in [9.17, 15) is 0 Å². The first kappa shape index (κ1) is 16.1. The molecule has 0 saturated heterocycles.